The molecule has 0 aliphatic carbocycles. The number of nitrogens with two attached hydrogens (primary N) is 1. The summed E-state index contributed by atoms with van der Waals surface area (Å²) in [5, 5.41) is 2.47. The van der Waals surface area contributed by atoms with Crippen molar-refractivity contribution < 1.29 is 22.8 Å². The smallest absolute Gasteiger partial charge is 0.340 e. The van der Waals surface area contributed by atoms with Crippen LogP contribution in [0.1, 0.15) is 22.3 Å². The Morgan fingerprint density at radius 3 is 2.50 bits per heavy atom. The number of likely N-dealkylation sites (tertiary alicyclic amines) is 1. The van der Waals surface area contributed by atoms with Gasteiger partial charge in [-0.15, -0.1) is 0 Å². The Balaban J connectivity index is 1.96. The highest BCUT2D eigenvalue weighted by molar-refractivity contribution is 5.98. The van der Waals surface area contributed by atoms with Gasteiger partial charge >= 0.3 is 6.18 Å². The third-order valence-electron chi connectivity index (χ3n) is 3.42. The molecule has 0 radical (unpaired) electrons. The van der Waals surface area contributed by atoms with Gasteiger partial charge in [0.15, 0.2) is 0 Å². The number of benzene rings is 1. The molecule has 8 heteroatoms. The lowest BCUT2D eigenvalue weighted by Gasteiger charge is -2.18. The lowest BCUT2D eigenvalue weighted by Crippen LogP contribution is -2.43. The van der Waals surface area contributed by atoms with E-state index in [-0.39, 0.29) is 13.0 Å². The van der Waals surface area contributed by atoms with Crippen LogP contribution < -0.4 is 11.1 Å². The second-order valence-electron chi connectivity index (χ2n) is 5.09. The molecule has 22 heavy (non-hydrogen) atoms. The Bertz CT molecular complexity index is 557. The molecule has 120 valence electrons. The first-order valence-corrected chi connectivity index (χ1v) is 6.75. The molecule has 1 saturated heterocycles. The zero-order valence-electron chi connectivity index (χ0n) is 11.7. The fourth-order valence-corrected chi connectivity index (χ4v) is 2.28. The molecule has 0 saturated carbocycles. The number of rotatable bonds is 4. The van der Waals surface area contributed by atoms with Crippen LogP contribution in [0.5, 0.6) is 0 Å². The lowest BCUT2D eigenvalue weighted by molar-refractivity contribution is -0.157. The zero-order chi connectivity index (χ0) is 16.3. The van der Waals surface area contributed by atoms with Gasteiger partial charge in [-0.05, 0) is 24.1 Å². The second-order valence-corrected chi connectivity index (χ2v) is 5.09. The monoisotopic (exact) mass is 315 g/mol. The molecule has 1 atom stereocenters. The lowest BCUT2D eigenvalue weighted by atomic mass is 10.1. The van der Waals surface area contributed by atoms with E-state index in [1.165, 1.54) is 0 Å². The maximum absolute atomic E-state index is 12.3. The molecule has 0 spiro atoms. The molecule has 1 aliphatic heterocycles. The van der Waals surface area contributed by atoms with E-state index in [4.69, 9.17) is 5.73 Å². The van der Waals surface area contributed by atoms with Crippen molar-refractivity contribution in [2.45, 2.75) is 25.2 Å². The van der Waals surface area contributed by atoms with Gasteiger partial charge in [-0.25, -0.2) is 0 Å². The highest BCUT2D eigenvalue weighted by Gasteiger charge is 2.39. The van der Waals surface area contributed by atoms with Crippen LogP contribution in [0, 0.1) is 0 Å². The van der Waals surface area contributed by atoms with Crippen molar-refractivity contribution in [3.8, 4) is 0 Å². The number of hydrogen-bond acceptors (Lipinski definition) is 3. The Labute approximate surface area is 125 Å². The van der Waals surface area contributed by atoms with E-state index in [9.17, 15) is 22.8 Å². The van der Waals surface area contributed by atoms with E-state index in [2.05, 4.69) is 5.32 Å². The third-order valence-corrected chi connectivity index (χ3v) is 3.42. The zero-order valence-corrected chi connectivity index (χ0v) is 11.7. The second kappa shape index (κ2) is 6.35. The minimum absolute atomic E-state index is 0.0185. The normalized spacial score (nSPS) is 18.6. The summed E-state index contributed by atoms with van der Waals surface area (Å²) in [4.78, 5) is 24.6. The van der Waals surface area contributed by atoms with E-state index < -0.39 is 30.6 Å². The summed E-state index contributed by atoms with van der Waals surface area (Å²) >= 11 is 0. The van der Waals surface area contributed by atoms with Crippen molar-refractivity contribution >= 4 is 11.8 Å². The molecule has 0 bridgehead atoms. The van der Waals surface area contributed by atoms with Crippen LogP contribution in [0.25, 0.3) is 0 Å². The summed E-state index contributed by atoms with van der Waals surface area (Å²) in [6, 6.07) is 5.57. The van der Waals surface area contributed by atoms with Gasteiger partial charge in [-0.2, -0.15) is 13.2 Å². The van der Waals surface area contributed by atoms with E-state index in [0.717, 1.165) is 5.56 Å². The first-order chi connectivity index (χ1) is 10.3. The number of amides is 2. The number of nitrogens with zero attached hydrogens (tertiary/aromatic N) is 1. The molecule has 1 aliphatic rings. The molecule has 1 unspecified atom stereocenters. The summed E-state index contributed by atoms with van der Waals surface area (Å²) in [5.41, 5.74) is 6.63. The van der Waals surface area contributed by atoms with Crippen molar-refractivity contribution in [3.63, 3.8) is 0 Å². The summed E-state index contributed by atoms with van der Waals surface area (Å²) in [6.07, 6.45) is -4.27. The third kappa shape index (κ3) is 3.97. The first kappa shape index (κ1) is 16.3. The SMILES string of the molecule is NCc1ccc(C(=O)NC2CCN(CC(F)(F)F)C2=O)cc1. The Morgan fingerprint density at radius 2 is 1.95 bits per heavy atom. The quantitative estimate of drug-likeness (QED) is 0.872. The van der Waals surface area contributed by atoms with E-state index in [0.29, 0.717) is 17.0 Å². The van der Waals surface area contributed by atoms with Gasteiger partial charge in [0.2, 0.25) is 5.91 Å². The first-order valence-electron chi connectivity index (χ1n) is 6.75. The number of alkyl halides is 3. The summed E-state index contributed by atoms with van der Waals surface area (Å²) in [6.45, 7) is -0.964. The summed E-state index contributed by atoms with van der Waals surface area (Å²) in [5.74, 6) is -1.19. The van der Waals surface area contributed by atoms with Gasteiger partial charge in [0, 0.05) is 18.7 Å². The summed E-state index contributed by atoms with van der Waals surface area (Å²) in [7, 11) is 0. The Morgan fingerprint density at radius 1 is 1.32 bits per heavy atom. The molecule has 0 aromatic heterocycles. The van der Waals surface area contributed by atoms with Crippen LogP contribution >= 0.6 is 0 Å². The fourth-order valence-electron chi connectivity index (χ4n) is 2.28. The topological polar surface area (TPSA) is 75.4 Å². The number of carbonyl (C=O) groups is 2. The van der Waals surface area contributed by atoms with Crippen molar-refractivity contribution in [2.24, 2.45) is 5.73 Å². The van der Waals surface area contributed by atoms with E-state index in [1.807, 2.05) is 0 Å². The van der Waals surface area contributed by atoms with Gasteiger partial charge in [-0.1, -0.05) is 12.1 Å². The molecule has 1 aromatic carbocycles. The number of nitrogens with one attached hydrogen (secondary N) is 1. The summed E-state index contributed by atoms with van der Waals surface area (Å²) < 4.78 is 36.9. The predicted octanol–water partition coefficient (Wildman–Crippen LogP) is 1.04. The molecular formula is C14H16F3N3O2. The minimum atomic E-state index is -4.44. The van der Waals surface area contributed by atoms with Gasteiger partial charge in [0.25, 0.3) is 5.91 Å². The van der Waals surface area contributed by atoms with Crippen molar-refractivity contribution in [2.75, 3.05) is 13.1 Å². The van der Waals surface area contributed by atoms with Crippen LogP contribution in [0.4, 0.5) is 13.2 Å². The highest BCUT2D eigenvalue weighted by atomic mass is 19.4. The minimum Gasteiger partial charge on any atom is -0.340 e. The molecular weight excluding hydrogens is 299 g/mol. The molecule has 2 amide bonds. The number of hydrogen-bond donors (Lipinski definition) is 2. The van der Waals surface area contributed by atoms with Crippen LogP contribution in [-0.2, 0) is 11.3 Å². The maximum atomic E-state index is 12.3. The van der Waals surface area contributed by atoms with Crippen LogP contribution in [-0.4, -0.2) is 42.0 Å². The van der Waals surface area contributed by atoms with Crippen molar-refractivity contribution in [3.05, 3.63) is 35.4 Å². The van der Waals surface area contributed by atoms with Gasteiger partial charge < -0.3 is 16.0 Å². The molecule has 3 N–H and O–H groups in total. The molecule has 5 nitrogen and oxygen atoms in total. The Kier molecular flexibility index (Phi) is 4.70. The maximum Gasteiger partial charge on any atom is 0.406 e. The van der Waals surface area contributed by atoms with Crippen LogP contribution in [0.3, 0.4) is 0 Å². The standard InChI is InChI=1S/C14H16F3N3O2/c15-14(16,17)8-20-6-5-11(13(20)22)19-12(21)10-3-1-9(7-18)2-4-10/h1-4,11H,5-8,18H2,(H,19,21). The molecule has 1 fully saturated rings. The van der Waals surface area contributed by atoms with E-state index >= 15 is 0 Å². The molecule has 1 aromatic rings. The number of halogens is 3. The van der Waals surface area contributed by atoms with Gasteiger partial charge in [-0.3, -0.25) is 9.59 Å². The van der Waals surface area contributed by atoms with Crippen LogP contribution in [0.2, 0.25) is 0 Å². The highest BCUT2D eigenvalue weighted by Crippen LogP contribution is 2.21. The van der Waals surface area contributed by atoms with Crippen molar-refractivity contribution in [1.29, 1.82) is 0 Å². The fraction of sp³-hybridized carbons (Fsp3) is 0.429. The largest absolute Gasteiger partial charge is 0.406 e. The van der Waals surface area contributed by atoms with Crippen LogP contribution in [0.15, 0.2) is 24.3 Å². The number of carbonyl (C=O) groups excluding carboxylic acids is 2. The van der Waals surface area contributed by atoms with Gasteiger partial charge in [0.05, 0.1) is 0 Å². The average molecular weight is 315 g/mol. The Hall–Kier alpha value is -2.09. The molecule has 1 heterocycles. The van der Waals surface area contributed by atoms with Gasteiger partial charge in [0.1, 0.15) is 12.6 Å². The average Bonchev–Trinajstić information content (AvgIpc) is 2.78. The van der Waals surface area contributed by atoms with E-state index in [1.54, 1.807) is 24.3 Å². The van der Waals surface area contributed by atoms with Crippen molar-refractivity contribution in [1.82, 2.24) is 10.2 Å². The molecule has 2 rings (SSSR count). The predicted molar refractivity (Wildman–Crippen MR) is 72.8 cm³/mol.